The van der Waals surface area contributed by atoms with E-state index in [1.807, 2.05) is 0 Å². The van der Waals surface area contributed by atoms with Crippen molar-refractivity contribution in [3.05, 3.63) is 12.2 Å². The Kier molecular flexibility index (Phi) is 2.79. The van der Waals surface area contributed by atoms with Crippen LogP contribution < -0.4 is 0 Å². The highest BCUT2D eigenvalue weighted by molar-refractivity contribution is 7.76. The maximum Gasteiger partial charge on any atom is 0.223 e. The van der Waals surface area contributed by atoms with Crippen LogP contribution in [0.3, 0.4) is 0 Å². The van der Waals surface area contributed by atoms with Crippen LogP contribution >= 0.6 is 0 Å². The van der Waals surface area contributed by atoms with Gasteiger partial charge < -0.3 is 5.41 Å². The van der Waals surface area contributed by atoms with Crippen LogP contribution in [0.1, 0.15) is 6.42 Å². The lowest BCUT2D eigenvalue weighted by Gasteiger charge is -2.04. The molecule has 0 saturated carbocycles. The van der Waals surface area contributed by atoms with Crippen LogP contribution in [0, 0.1) is 5.41 Å². The first kappa shape index (κ1) is 9.87. The van der Waals surface area contributed by atoms with E-state index in [0.717, 1.165) is 6.08 Å². The van der Waals surface area contributed by atoms with Crippen molar-refractivity contribution in [1.29, 1.82) is 5.41 Å². The lowest BCUT2D eigenvalue weighted by Crippen LogP contribution is -2.20. The van der Waals surface area contributed by atoms with Crippen LogP contribution in [0.2, 0.25) is 0 Å². The quantitative estimate of drug-likeness (QED) is 0.533. The predicted octanol–water partition coefficient (Wildman–Crippen LogP) is -0.931. The largest absolute Gasteiger partial charge is 0.303 e. The molecule has 1 N–H and O–H groups in total. The molecule has 0 radical (unpaired) electrons. The maximum atomic E-state index is 10.4. The van der Waals surface area contributed by atoms with Gasteiger partial charge in [-0.25, -0.2) is 0 Å². The van der Waals surface area contributed by atoms with E-state index in [1.165, 1.54) is 6.08 Å². The fourth-order valence-electron chi connectivity index (χ4n) is 0.860. The third-order valence-electron chi connectivity index (χ3n) is 1.46. The first-order chi connectivity index (χ1) is 6.02. The molecule has 0 saturated heterocycles. The molecule has 0 aromatic heterocycles. The van der Waals surface area contributed by atoms with Crippen LogP contribution in [-0.4, -0.2) is 32.3 Å². The van der Waals surface area contributed by atoms with E-state index in [4.69, 9.17) is 5.41 Å². The van der Waals surface area contributed by atoms with E-state index in [9.17, 15) is 16.8 Å². The summed E-state index contributed by atoms with van der Waals surface area (Å²) in [5.41, 5.74) is -0.199. The second kappa shape index (κ2) is 3.67. The van der Waals surface area contributed by atoms with Crippen LogP contribution in [-0.2, 0) is 20.6 Å². The normalized spacial score (nSPS) is 16.2. The monoisotopic (exact) mass is 219 g/mol. The molecule has 0 heterocycles. The minimum Gasteiger partial charge on any atom is -0.303 e. The van der Waals surface area contributed by atoms with E-state index < -0.39 is 20.6 Å². The molecule has 0 atom stereocenters. The zero-order valence-electron chi connectivity index (χ0n) is 6.31. The average Bonchev–Trinajstić information content (AvgIpc) is 2.03. The van der Waals surface area contributed by atoms with Crippen molar-refractivity contribution < 1.29 is 16.8 Å². The van der Waals surface area contributed by atoms with Crippen molar-refractivity contribution in [2.45, 2.75) is 6.42 Å². The summed E-state index contributed by atoms with van der Waals surface area (Å²) in [4.78, 5) is -0.131. The van der Waals surface area contributed by atoms with Crippen molar-refractivity contribution in [3.63, 3.8) is 0 Å². The van der Waals surface area contributed by atoms with Crippen molar-refractivity contribution in [2.75, 3.05) is 0 Å². The maximum absolute atomic E-state index is 10.4. The van der Waals surface area contributed by atoms with Crippen molar-refractivity contribution in [3.8, 4) is 0 Å². The number of rotatable bonds is 0. The van der Waals surface area contributed by atoms with E-state index in [2.05, 4.69) is 0 Å². The molecule has 1 aliphatic carbocycles. The summed E-state index contributed by atoms with van der Waals surface area (Å²) < 4.78 is 41.8. The van der Waals surface area contributed by atoms with Crippen LogP contribution in [0.15, 0.2) is 12.2 Å². The summed E-state index contributed by atoms with van der Waals surface area (Å²) in [7, 11) is -4.85. The highest BCUT2D eigenvalue weighted by Crippen LogP contribution is 2.00. The van der Waals surface area contributed by atoms with Gasteiger partial charge in [-0.05, 0) is 12.2 Å². The molecule has 0 amide bonds. The number of allylic oxidation sites excluding steroid dienone is 2. The van der Waals surface area contributed by atoms with E-state index in [0.29, 0.717) is 0 Å². The van der Waals surface area contributed by atoms with Gasteiger partial charge in [-0.15, -0.1) is 0 Å². The minimum absolute atomic E-state index is 0.0270. The van der Waals surface area contributed by atoms with Gasteiger partial charge >= 0.3 is 0 Å². The zero-order chi connectivity index (χ0) is 10.0. The average molecular weight is 219 g/mol. The van der Waals surface area contributed by atoms with Gasteiger partial charge in [-0.1, -0.05) is 0 Å². The topological polar surface area (TPSA) is 92.1 Å². The summed E-state index contributed by atoms with van der Waals surface area (Å²) >= 11 is 0. The molecule has 70 valence electrons. The molecule has 0 bridgehead atoms. The van der Waals surface area contributed by atoms with Gasteiger partial charge in [0.15, 0.2) is 0 Å². The molecule has 0 spiro atoms. The van der Waals surface area contributed by atoms with Crippen molar-refractivity contribution >= 4 is 36.0 Å². The molecule has 0 aromatic rings. The predicted molar refractivity (Wildman–Crippen MR) is 49.3 cm³/mol. The third-order valence-corrected chi connectivity index (χ3v) is 2.91. The van der Waals surface area contributed by atoms with Gasteiger partial charge in [0.05, 0.1) is 10.6 Å². The van der Waals surface area contributed by atoms with Gasteiger partial charge in [-0.3, -0.25) is 0 Å². The molecular formula is C6H5NO4S2. The van der Waals surface area contributed by atoms with Crippen molar-refractivity contribution in [1.82, 2.24) is 0 Å². The molecule has 0 aliphatic heterocycles. The Morgan fingerprint density at radius 1 is 1.08 bits per heavy atom. The van der Waals surface area contributed by atoms with Gasteiger partial charge in [0.1, 0.15) is 4.86 Å². The summed E-state index contributed by atoms with van der Waals surface area (Å²) in [5, 5.41) is 7.22. The summed E-state index contributed by atoms with van der Waals surface area (Å²) in [6.07, 6.45) is 2.14. The third kappa shape index (κ3) is 2.13. The van der Waals surface area contributed by atoms with E-state index in [-0.39, 0.29) is 21.9 Å². The first-order valence-electron chi connectivity index (χ1n) is 3.19. The molecular weight excluding hydrogens is 214 g/mol. The molecule has 0 fully saturated rings. The Morgan fingerprint density at radius 3 is 2.08 bits per heavy atom. The molecule has 7 heteroatoms. The van der Waals surface area contributed by atoms with Gasteiger partial charge in [0.2, 0.25) is 20.6 Å². The van der Waals surface area contributed by atoms with Crippen molar-refractivity contribution in [2.24, 2.45) is 0 Å². The molecule has 1 rings (SSSR count). The molecule has 5 nitrogen and oxygen atoms in total. The standard InChI is InChI=1S/C6H5NO4S2/c7-5-3-4(12(8)9)1-2-6(5)13(10)11/h1-2,7H,3H2. The minimum atomic E-state index is -2.47. The molecule has 0 unspecified atom stereocenters. The van der Waals surface area contributed by atoms with Gasteiger partial charge in [-0.2, -0.15) is 16.8 Å². The fourth-order valence-corrected chi connectivity index (χ4v) is 1.75. The van der Waals surface area contributed by atoms with E-state index in [1.54, 1.807) is 0 Å². The van der Waals surface area contributed by atoms with Crippen LogP contribution in [0.4, 0.5) is 0 Å². The van der Waals surface area contributed by atoms with Crippen LogP contribution in [0.25, 0.3) is 0 Å². The summed E-state index contributed by atoms with van der Waals surface area (Å²) in [5.74, 6) is 0. The lowest BCUT2D eigenvalue weighted by molar-refractivity contribution is 0.625. The summed E-state index contributed by atoms with van der Waals surface area (Å²) in [6.45, 7) is 0. The van der Waals surface area contributed by atoms with E-state index >= 15 is 0 Å². The van der Waals surface area contributed by atoms with Gasteiger partial charge in [0.25, 0.3) is 0 Å². The Labute approximate surface area is 77.3 Å². The number of nitrogens with one attached hydrogen (secondary N) is 1. The van der Waals surface area contributed by atoms with Gasteiger partial charge in [0, 0.05) is 6.42 Å². The Balaban J connectivity index is 3.40. The molecule has 13 heavy (non-hydrogen) atoms. The smallest absolute Gasteiger partial charge is 0.223 e. The fraction of sp³-hybridized carbons (Fsp3) is 0.167. The Morgan fingerprint density at radius 2 is 1.69 bits per heavy atom. The number of hydrogen-bond acceptors (Lipinski definition) is 5. The molecule has 0 aromatic carbocycles. The highest BCUT2D eigenvalue weighted by Gasteiger charge is 2.14. The summed E-state index contributed by atoms with van der Waals surface area (Å²) in [6, 6.07) is 0. The zero-order valence-corrected chi connectivity index (χ0v) is 7.94. The second-order valence-electron chi connectivity index (χ2n) is 2.29. The second-order valence-corrected chi connectivity index (χ2v) is 4.19. The first-order valence-corrected chi connectivity index (χ1v) is 5.34. The number of hydrogen-bond donors (Lipinski definition) is 1. The van der Waals surface area contributed by atoms with Crippen LogP contribution in [0.5, 0.6) is 0 Å². The SMILES string of the molecule is N=C1CC(=S(=O)=O)C=CC1=S(=O)=O. The Bertz CT molecular complexity index is 531. The Hall–Kier alpha value is -1.21. The highest BCUT2D eigenvalue weighted by atomic mass is 32.2. The lowest BCUT2D eigenvalue weighted by atomic mass is 10.1. The molecule has 1 aliphatic rings.